The van der Waals surface area contributed by atoms with Gasteiger partial charge in [-0.25, -0.2) is 12.8 Å². The SMILES string of the molecule is CC(C)[C@H](NC(=O)C1CCN(S(=O)(=O)c2ccc3c(c2)OCCO3)CC1)c1ccc(F)cc1. The van der Waals surface area contributed by atoms with Gasteiger partial charge in [0.25, 0.3) is 0 Å². The first-order valence-electron chi connectivity index (χ1n) is 11.2. The topological polar surface area (TPSA) is 84.9 Å². The van der Waals surface area contributed by atoms with E-state index in [9.17, 15) is 17.6 Å². The number of piperidine rings is 1. The highest BCUT2D eigenvalue weighted by Gasteiger charge is 2.34. The van der Waals surface area contributed by atoms with E-state index >= 15 is 0 Å². The van der Waals surface area contributed by atoms with Crippen LogP contribution in [0.25, 0.3) is 0 Å². The number of fused-ring (bicyclic) bond motifs is 1. The van der Waals surface area contributed by atoms with Crippen LogP contribution in [0.2, 0.25) is 0 Å². The number of hydrogen-bond acceptors (Lipinski definition) is 5. The van der Waals surface area contributed by atoms with Gasteiger partial charge in [0.05, 0.1) is 10.9 Å². The largest absolute Gasteiger partial charge is 0.486 e. The third kappa shape index (κ3) is 5.14. The zero-order valence-corrected chi connectivity index (χ0v) is 19.6. The van der Waals surface area contributed by atoms with Gasteiger partial charge in [0.15, 0.2) is 11.5 Å². The molecule has 0 unspecified atom stereocenters. The first-order valence-corrected chi connectivity index (χ1v) is 12.7. The van der Waals surface area contributed by atoms with Gasteiger partial charge in [0, 0.05) is 25.1 Å². The highest BCUT2D eigenvalue weighted by Crippen LogP contribution is 2.34. The summed E-state index contributed by atoms with van der Waals surface area (Å²) < 4.78 is 51.9. The zero-order valence-electron chi connectivity index (χ0n) is 18.8. The Morgan fingerprint density at radius 2 is 1.67 bits per heavy atom. The van der Waals surface area contributed by atoms with E-state index in [-0.39, 0.29) is 47.6 Å². The molecule has 1 N–H and O–H groups in total. The van der Waals surface area contributed by atoms with Gasteiger partial charge >= 0.3 is 0 Å². The number of carbonyl (C=O) groups is 1. The number of carbonyl (C=O) groups excluding carboxylic acids is 1. The number of nitrogens with zero attached hydrogens (tertiary/aromatic N) is 1. The van der Waals surface area contributed by atoms with Gasteiger partial charge in [-0.1, -0.05) is 26.0 Å². The van der Waals surface area contributed by atoms with Crippen LogP contribution in [0.5, 0.6) is 11.5 Å². The van der Waals surface area contributed by atoms with Crippen molar-refractivity contribution < 1.29 is 27.1 Å². The highest BCUT2D eigenvalue weighted by molar-refractivity contribution is 7.89. The van der Waals surface area contributed by atoms with Crippen LogP contribution in [-0.2, 0) is 14.8 Å². The van der Waals surface area contributed by atoms with Crippen molar-refractivity contribution >= 4 is 15.9 Å². The number of halogens is 1. The molecule has 7 nitrogen and oxygen atoms in total. The summed E-state index contributed by atoms with van der Waals surface area (Å²) in [6.45, 7) is 5.34. The number of rotatable bonds is 6. The summed E-state index contributed by atoms with van der Waals surface area (Å²) in [5.41, 5.74) is 0.846. The lowest BCUT2D eigenvalue weighted by molar-refractivity contribution is -0.127. The van der Waals surface area contributed by atoms with E-state index in [1.54, 1.807) is 18.2 Å². The lowest BCUT2D eigenvalue weighted by Gasteiger charge is -2.32. The Morgan fingerprint density at radius 1 is 1.03 bits per heavy atom. The maximum atomic E-state index is 13.3. The third-order valence-electron chi connectivity index (χ3n) is 6.17. The van der Waals surface area contributed by atoms with Crippen LogP contribution < -0.4 is 14.8 Å². The van der Waals surface area contributed by atoms with Crippen LogP contribution in [0.3, 0.4) is 0 Å². The van der Waals surface area contributed by atoms with Crippen molar-refractivity contribution in [3.8, 4) is 11.5 Å². The quantitative estimate of drug-likeness (QED) is 0.690. The second-order valence-corrected chi connectivity index (χ2v) is 10.7. The predicted octanol–water partition coefficient (Wildman–Crippen LogP) is 3.51. The normalized spacial score (nSPS) is 18.2. The first kappa shape index (κ1) is 23.5. The van der Waals surface area contributed by atoms with Crippen LogP contribution in [0.1, 0.15) is 38.3 Å². The molecule has 2 aromatic carbocycles. The standard InChI is InChI=1S/C24H29FN2O5S/c1-16(2)23(17-3-5-19(25)6-4-17)26-24(28)18-9-11-27(12-10-18)33(29,30)20-7-8-21-22(15-20)32-14-13-31-21/h3-8,15-16,18,23H,9-14H2,1-2H3,(H,26,28)/t23-/m0/s1. The molecule has 0 radical (unpaired) electrons. The van der Waals surface area contributed by atoms with Gasteiger partial charge in [-0.05, 0) is 48.6 Å². The molecular formula is C24H29FN2O5S. The Balaban J connectivity index is 1.39. The molecule has 0 aromatic heterocycles. The molecule has 9 heteroatoms. The number of sulfonamides is 1. The van der Waals surface area contributed by atoms with Crippen molar-refractivity contribution in [2.75, 3.05) is 26.3 Å². The van der Waals surface area contributed by atoms with Gasteiger partial charge in [-0.3, -0.25) is 4.79 Å². The molecule has 1 amide bonds. The second kappa shape index (κ2) is 9.69. The van der Waals surface area contributed by atoms with Crippen molar-refractivity contribution in [3.63, 3.8) is 0 Å². The Morgan fingerprint density at radius 3 is 2.30 bits per heavy atom. The predicted molar refractivity (Wildman–Crippen MR) is 121 cm³/mol. The fourth-order valence-electron chi connectivity index (χ4n) is 4.27. The van der Waals surface area contributed by atoms with Crippen LogP contribution in [0.15, 0.2) is 47.4 Å². The molecule has 0 spiro atoms. The summed E-state index contributed by atoms with van der Waals surface area (Å²) >= 11 is 0. The van der Waals surface area contributed by atoms with E-state index in [0.29, 0.717) is 37.6 Å². The fourth-order valence-corrected chi connectivity index (χ4v) is 5.75. The second-order valence-electron chi connectivity index (χ2n) is 8.77. The van der Waals surface area contributed by atoms with Gasteiger partial charge in [-0.2, -0.15) is 4.31 Å². The summed E-state index contributed by atoms with van der Waals surface area (Å²) in [5, 5.41) is 3.08. The van der Waals surface area contributed by atoms with Crippen LogP contribution >= 0.6 is 0 Å². The van der Waals surface area contributed by atoms with E-state index < -0.39 is 10.0 Å². The Bertz CT molecular complexity index is 1100. The van der Waals surface area contributed by atoms with Gasteiger partial charge in [-0.15, -0.1) is 0 Å². The highest BCUT2D eigenvalue weighted by atomic mass is 32.2. The summed E-state index contributed by atoms with van der Waals surface area (Å²) in [7, 11) is -3.70. The average Bonchev–Trinajstić information content (AvgIpc) is 2.82. The van der Waals surface area contributed by atoms with E-state index in [2.05, 4.69) is 5.32 Å². The lowest BCUT2D eigenvalue weighted by Crippen LogP contribution is -2.44. The minimum atomic E-state index is -3.70. The molecule has 0 aliphatic carbocycles. The summed E-state index contributed by atoms with van der Waals surface area (Å²) in [6, 6.07) is 10.5. The maximum Gasteiger partial charge on any atom is 0.243 e. The van der Waals surface area contributed by atoms with E-state index in [1.807, 2.05) is 13.8 Å². The smallest absolute Gasteiger partial charge is 0.243 e. The van der Waals surface area contributed by atoms with Gasteiger partial charge in [0.1, 0.15) is 19.0 Å². The fraction of sp³-hybridized carbons (Fsp3) is 0.458. The number of hydrogen-bond donors (Lipinski definition) is 1. The molecule has 2 heterocycles. The molecule has 4 rings (SSSR count). The first-order chi connectivity index (χ1) is 15.8. The van der Waals surface area contributed by atoms with E-state index in [0.717, 1.165) is 5.56 Å². The van der Waals surface area contributed by atoms with Crippen molar-refractivity contribution in [3.05, 3.63) is 53.8 Å². The lowest BCUT2D eigenvalue weighted by atomic mass is 9.92. The van der Waals surface area contributed by atoms with E-state index in [1.165, 1.54) is 28.6 Å². The zero-order chi connectivity index (χ0) is 23.6. The van der Waals surface area contributed by atoms with Crippen LogP contribution in [0, 0.1) is 17.7 Å². The summed E-state index contributed by atoms with van der Waals surface area (Å²) in [6.07, 6.45) is 0.869. The Hall–Kier alpha value is -2.65. The molecule has 33 heavy (non-hydrogen) atoms. The molecule has 178 valence electrons. The molecular weight excluding hydrogens is 447 g/mol. The molecule has 0 saturated carbocycles. The number of nitrogens with one attached hydrogen (secondary N) is 1. The van der Waals surface area contributed by atoms with Crippen LogP contribution in [-0.4, -0.2) is 44.9 Å². The molecule has 2 aliphatic rings. The van der Waals surface area contributed by atoms with Crippen molar-refractivity contribution in [2.24, 2.45) is 11.8 Å². The van der Waals surface area contributed by atoms with Crippen LogP contribution in [0.4, 0.5) is 4.39 Å². The third-order valence-corrected chi connectivity index (χ3v) is 8.06. The van der Waals surface area contributed by atoms with E-state index in [4.69, 9.17) is 9.47 Å². The average molecular weight is 477 g/mol. The van der Waals surface area contributed by atoms with Crippen molar-refractivity contribution in [1.29, 1.82) is 0 Å². The Labute approximate surface area is 193 Å². The minimum Gasteiger partial charge on any atom is -0.486 e. The molecule has 1 saturated heterocycles. The van der Waals surface area contributed by atoms with Crippen molar-refractivity contribution in [2.45, 2.75) is 37.6 Å². The number of benzene rings is 2. The number of amides is 1. The molecule has 1 fully saturated rings. The molecule has 2 aliphatic heterocycles. The molecule has 0 bridgehead atoms. The molecule has 2 aromatic rings. The summed E-state index contributed by atoms with van der Waals surface area (Å²) in [5.74, 6) is 0.385. The van der Waals surface area contributed by atoms with Gasteiger partial charge in [0.2, 0.25) is 15.9 Å². The van der Waals surface area contributed by atoms with Crippen molar-refractivity contribution in [1.82, 2.24) is 9.62 Å². The summed E-state index contributed by atoms with van der Waals surface area (Å²) in [4.78, 5) is 13.1. The monoisotopic (exact) mass is 476 g/mol. The number of ether oxygens (including phenoxy) is 2. The Kier molecular flexibility index (Phi) is 6.90. The maximum absolute atomic E-state index is 13.3. The van der Waals surface area contributed by atoms with Gasteiger partial charge < -0.3 is 14.8 Å². The minimum absolute atomic E-state index is 0.102. The molecule has 1 atom stereocenters.